The number of carbonyl (C=O) groups excluding carboxylic acids is 1. The van der Waals surface area contributed by atoms with Crippen LogP contribution in [0.2, 0.25) is 0 Å². The standard InChI is InChI=1S/C11H15N3O4S/c1-8-10(12-19(16,17)18)11(15)14(13(8)2)9-6-4-3-5-7-9/h3-8,10,12H,1-2H3,(H,16,17,18). The fourth-order valence-electron chi connectivity index (χ4n) is 2.08. The van der Waals surface area contributed by atoms with Crippen LogP contribution < -0.4 is 9.73 Å². The molecule has 8 heteroatoms. The van der Waals surface area contributed by atoms with Crippen molar-refractivity contribution in [1.29, 1.82) is 0 Å². The molecule has 1 fully saturated rings. The van der Waals surface area contributed by atoms with Crippen LogP contribution in [0, 0.1) is 0 Å². The van der Waals surface area contributed by atoms with Gasteiger partial charge in [-0.1, -0.05) is 18.2 Å². The Morgan fingerprint density at radius 2 is 1.84 bits per heavy atom. The maximum atomic E-state index is 12.3. The van der Waals surface area contributed by atoms with E-state index in [0.717, 1.165) is 0 Å². The largest absolute Gasteiger partial charge is 0.334 e. The molecule has 0 bridgehead atoms. The first kappa shape index (κ1) is 13.9. The summed E-state index contributed by atoms with van der Waals surface area (Å²) in [7, 11) is -2.74. The molecule has 2 N–H and O–H groups in total. The van der Waals surface area contributed by atoms with Crippen molar-refractivity contribution in [3.8, 4) is 0 Å². The molecule has 0 aliphatic carbocycles. The van der Waals surface area contributed by atoms with Gasteiger partial charge in [-0.25, -0.2) is 10.0 Å². The van der Waals surface area contributed by atoms with E-state index >= 15 is 0 Å². The first-order chi connectivity index (χ1) is 8.81. The summed E-state index contributed by atoms with van der Waals surface area (Å²) in [5.41, 5.74) is 0.640. The highest BCUT2D eigenvalue weighted by molar-refractivity contribution is 7.83. The number of nitrogens with zero attached hydrogens (tertiary/aromatic N) is 2. The van der Waals surface area contributed by atoms with E-state index in [1.807, 2.05) is 10.8 Å². The van der Waals surface area contributed by atoms with Gasteiger partial charge >= 0.3 is 10.3 Å². The molecule has 2 unspecified atom stereocenters. The van der Waals surface area contributed by atoms with Gasteiger partial charge in [-0.05, 0) is 19.1 Å². The molecule has 1 heterocycles. The van der Waals surface area contributed by atoms with Crippen LogP contribution in [0.4, 0.5) is 5.69 Å². The number of para-hydroxylation sites is 1. The van der Waals surface area contributed by atoms with Crippen molar-refractivity contribution in [3.63, 3.8) is 0 Å². The normalized spacial score (nSPS) is 25.0. The molecular weight excluding hydrogens is 270 g/mol. The monoisotopic (exact) mass is 285 g/mol. The van der Waals surface area contributed by atoms with Crippen molar-refractivity contribution in [3.05, 3.63) is 30.3 Å². The van der Waals surface area contributed by atoms with Gasteiger partial charge < -0.3 is 0 Å². The van der Waals surface area contributed by atoms with Gasteiger partial charge in [-0.3, -0.25) is 9.35 Å². The molecule has 0 aromatic heterocycles. The fourth-order valence-corrected chi connectivity index (χ4v) is 2.70. The average molecular weight is 285 g/mol. The number of rotatable bonds is 3. The molecule has 2 rings (SSSR count). The van der Waals surface area contributed by atoms with E-state index in [9.17, 15) is 13.2 Å². The van der Waals surface area contributed by atoms with Gasteiger partial charge in [0.2, 0.25) is 0 Å². The van der Waals surface area contributed by atoms with Crippen molar-refractivity contribution in [2.75, 3.05) is 12.1 Å². The van der Waals surface area contributed by atoms with Gasteiger partial charge in [0.25, 0.3) is 5.91 Å². The smallest absolute Gasteiger partial charge is 0.273 e. The summed E-state index contributed by atoms with van der Waals surface area (Å²) in [5, 5.41) is 3.01. The summed E-state index contributed by atoms with van der Waals surface area (Å²) in [6.07, 6.45) is 0. The summed E-state index contributed by atoms with van der Waals surface area (Å²) >= 11 is 0. The van der Waals surface area contributed by atoms with Crippen LogP contribution in [0.3, 0.4) is 0 Å². The molecule has 104 valence electrons. The Hall–Kier alpha value is -1.48. The third kappa shape index (κ3) is 2.76. The van der Waals surface area contributed by atoms with E-state index in [4.69, 9.17) is 4.55 Å². The molecule has 1 saturated heterocycles. The predicted octanol–water partition coefficient (Wildman–Crippen LogP) is 0.0295. The first-order valence-corrected chi connectivity index (χ1v) is 7.12. The summed E-state index contributed by atoms with van der Waals surface area (Å²) in [6.45, 7) is 1.70. The molecule has 2 atom stereocenters. The molecule has 1 aromatic carbocycles. The van der Waals surface area contributed by atoms with Crippen molar-refractivity contribution in [2.45, 2.75) is 19.0 Å². The lowest BCUT2D eigenvalue weighted by Gasteiger charge is -2.26. The Morgan fingerprint density at radius 3 is 2.37 bits per heavy atom. The van der Waals surface area contributed by atoms with E-state index in [1.165, 1.54) is 5.01 Å². The minimum atomic E-state index is -4.43. The molecule has 1 aliphatic heterocycles. The van der Waals surface area contributed by atoms with Gasteiger partial charge in [-0.15, -0.1) is 0 Å². The number of hydrazine groups is 1. The van der Waals surface area contributed by atoms with Crippen molar-refractivity contribution in [1.82, 2.24) is 9.73 Å². The molecule has 19 heavy (non-hydrogen) atoms. The van der Waals surface area contributed by atoms with E-state index in [-0.39, 0.29) is 0 Å². The predicted molar refractivity (Wildman–Crippen MR) is 69.6 cm³/mol. The molecule has 0 saturated carbocycles. The molecule has 1 amide bonds. The van der Waals surface area contributed by atoms with Gasteiger partial charge in [-0.2, -0.15) is 13.1 Å². The summed E-state index contributed by atoms with van der Waals surface area (Å²) in [5.74, 6) is -0.432. The maximum absolute atomic E-state index is 12.3. The highest BCUT2D eigenvalue weighted by Gasteiger charge is 2.44. The summed E-state index contributed by atoms with van der Waals surface area (Å²) in [6, 6.07) is 7.46. The number of likely N-dealkylation sites (N-methyl/N-ethyl adjacent to an activating group) is 1. The van der Waals surface area contributed by atoms with Crippen molar-refractivity contribution < 1.29 is 17.8 Å². The van der Waals surface area contributed by atoms with Crippen LogP contribution in [0.1, 0.15) is 6.92 Å². The van der Waals surface area contributed by atoms with Crippen LogP contribution in [0.5, 0.6) is 0 Å². The number of anilines is 1. The lowest BCUT2D eigenvalue weighted by Crippen LogP contribution is -2.45. The number of nitrogens with one attached hydrogen (secondary N) is 1. The van der Waals surface area contributed by atoms with Crippen LogP contribution >= 0.6 is 0 Å². The molecule has 1 aromatic rings. The number of carbonyl (C=O) groups is 1. The van der Waals surface area contributed by atoms with Gasteiger partial charge in [0.05, 0.1) is 11.7 Å². The quantitative estimate of drug-likeness (QED) is 0.765. The fraction of sp³-hybridized carbons (Fsp3) is 0.364. The Bertz CT molecular complexity index is 575. The second-order valence-electron chi connectivity index (χ2n) is 4.37. The van der Waals surface area contributed by atoms with Crippen LogP contribution in [-0.2, 0) is 15.1 Å². The Labute approximate surface area is 111 Å². The summed E-state index contributed by atoms with van der Waals surface area (Å²) in [4.78, 5) is 12.3. The van der Waals surface area contributed by atoms with E-state index < -0.39 is 28.3 Å². The van der Waals surface area contributed by atoms with Crippen LogP contribution in [-0.4, -0.2) is 43.0 Å². The maximum Gasteiger partial charge on any atom is 0.334 e. The van der Waals surface area contributed by atoms with Crippen LogP contribution in [0.25, 0.3) is 0 Å². The molecular formula is C11H15N3O4S. The highest BCUT2D eigenvalue weighted by atomic mass is 32.2. The minimum absolute atomic E-state index is 0.408. The Kier molecular flexibility index (Phi) is 3.59. The SMILES string of the molecule is CC1C(NS(=O)(=O)O)C(=O)N(c2ccccc2)N1C. The highest BCUT2D eigenvalue weighted by Crippen LogP contribution is 2.25. The zero-order valence-electron chi connectivity index (χ0n) is 10.5. The third-order valence-electron chi connectivity index (χ3n) is 3.14. The molecule has 7 nitrogen and oxygen atoms in total. The van der Waals surface area contributed by atoms with Crippen molar-refractivity contribution in [2.24, 2.45) is 0 Å². The van der Waals surface area contributed by atoms with Gasteiger partial charge in [0.1, 0.15) is 6.04 Å². The van der Waals surface area contributed by atoms with E-state index in [2.05, 4.69) is 0 Å². The number of hydrogen-bond donors (Lipinski definition) is 2. The van der Waals surface area contributed by atoms with Crippen LogP contribution in [0.15, 0.2) is 30.3 Å². The lowest BCUT2D eigenvalue weighted by atomic mass is 10.2. The second-order valence-corrected chi connectivity index (χ2v) is 5.56. The Morgan fingerprint density at radius 1 is 1.26 bits per heavy atom. The number of hydrogen-bond acceptors (Lipinski definition) is 4. The zero-order valence-corrected chi connectivity index (χ0v) is 11.3. The number of amides is 1. The topological polar surface area (TPSA) is 89.9 Å². The van der Waals surface area contributed by atoms with Gasteiger partial charge in [0, 0.05) is 7.05 Å². The Balaban J connectivity index is 2.32. The minimum Gasteiger partial charge on any atom is -0.273 e. The van der Waals surface area contributed by atoms with Gasteiger partial charge in [0.15, 0.2) is 0 Å². The summed E-state index contributed by atoms with van der Waals surface area (Å²) < 4.78 is 32.5. The molecule has 0 spiro atoms. The third-order valence-corrected chi connectivity index (χ3v) is 3.69. The van der Waals surface area contributed by atoms with E-state index in [1.54, 1.807) is 43.2 Å². The molecule has 1 aliphatic rings. The first-order valence-electron chi connectivity index (χ1n) is 5.68. The molecule has 0 radical (unpaired) electrons. The zero-order chi connectivity index (χ0) is 14.2. The number of benzene rings is 1. The van der Waals surface area contributed by atoms with Crippen molar-refractivity contribution >= 4 is 21.9 Å². The van der Waals surface area contributed by atoms with E-state index in [0.29, 0.717) is 5.69 Å². The average Bonchev–Trinajstić information content (AvgIpc) is 2.53. The lowest BCUT2D eigenvalue weighted by molar-refractivity contribution is -0.119. The second kappa shape index (κ2) is 4.89.